The molecule has 28 heavy (non-hydrogen) atoms. The van der Waals surface area contributed by atoms with Crippen LogP contribution < -0.4 is 4.74 Å². The van der Waals surface area contributed by atoms with Gasteiger partial charge in [0.05, 0.1) is 11.6 Å². The maximum atomic E-state index is 5.74. The van der Waals surface area contributed by atoms with Crippen LogP contribution in [-0.2, 0) is 0 Å². The van der Waals surface area contributed by atoms with Crippen LogP contribution in [0.2, 0.25) is 0 Å². The zero-order chi connectivity index (χ0) is 19.1. The standard InChI is InChI=1S/C21H17N5O2/c1-13(2)27-16-4-6-17-14(11-16)3-5-18(23-17)20-24-21(28-25-20)15-7-9-26-10-8-22-19(26)12-15/h3-13H,1-2H3. The van der Waals surface area contributed by atoms with Gasteiger partial charge in [0.25, 0.3) is 5.89 Å². The van der Waals surface area contributed by atoms with Gasteiger partial charge in [0, 0.05) is 29.5 Å². The van der Waals surface area contributed by atoms with E-state index in [0.717, 1.165) is 27.9 Å². The van der Waals surface area contributed by atoms with Gasteiger partial charge in [-0.15, -0.1) is 0 Å². The lowest BCUT2D eigenvalue weighted by Gasteiger charge is -2.10. The molecule has 0 fully saturated rings. The van der Waals surface area contributed by atoms with Crippen LogP contribution >= 0.6 is 0 Å². The number of pyridine rings is 2. The summed E-state index contributed by atoms with van der Waals surface area (Å²) in [5.41, 5.74) is 3.13. The first kappa shape index (κ1) is 16.4. The van der Waals surface area contributed by atoms with Gasteiger partial charge in [-0.1, -0.05) is 11.2 Å². The van der Waals surface area contributed by atoms with Crippen LogP contribution in [0.5, 0.6) is 5.75 Å². The quantitative estimate of drug-likeness (QED) is 0.466. The molecule has 4 heterocycles. The molecule has 0 aliphatic carbocycles. The summed E-state index contributed by atoms with van der Waals surface area (Å²) in [6.07, 6.45) is 5.67. The Labute approximate surface area is 160 Å². The minimum atomic E-state index is 0.128. The van der Waals surface area contributed by atoms with Gasteiger partial charge in [-0.05, 0) is 50.2 Å². The molecule has 5 aromatic rings. The first-order chi connectivity index (χ1) is 13.7. The molecule has 0 atom stereocenters. The van der Waals surface area contributed by atoms with Crippen LogP contribution in [0.15, 0.2) is 65.6 Å². The minimum Gasteiger partial charge on any atom is -0.491 e. The molecule has 0 N–H and O–H groups in total. The molecule has 0 unspecified atom stereocenters. The lowest BCUT2D eigenvalue weighted by molar-refractivity contribution is 0.243. The van der Waals surface area contributed by atoms with E-state index < -0.39 is 0 Å². The van der Waals surface area contributed by atoms with Crippen LogP contribution in [0.1, 0.15) is 13.8 Å². The lowest BCUT2D eigenvalue weighted by atomic mass is 10.2. The van der Waals surface area contributed by atoms with E-state index in [9.17, 15) is 0 Å². The van der Waals surface area contributed by atoms with E-state index in [1.807, 2.05) is 73.1 Å². The second kappa shape index (κ2) is 6.45. The van der Waals surface area contributed by atoms with Gasteiger partial charge >= 0.3 is 0 Å². The van der Waals surface area contributed by atoms with E-state index in [2.05, 4.69) is 20.1 Å². The van der Waals surface area contributed by atoms with Gasteiger partial charge in [-0.25, -0.2) is 9.97 Å². The number of nitrogens with zero attached hydrogens (tertiary/aromatic N) is 5. The average molecular weight is 371 g/mol. The Bertz CT molecular complexity index is 1290. The summed E-state index contributed by atoms with van der Waals surface area (Å²) in [7, 11) is 0. The van der Waals surface area contributed by atoms with Gasteiger partial charge in [0.15, 0.2) is 0 Å². The Kier molecular flexibility index (Phi) is 3.79. The Morgan fingerprint density at radius 3 is 2.82 bits per heavy atom. The molecule has 0 aliphatic heterocycles. The van der Waals surface area contributed by atoms with Gasteiger partial charge < -0.3 is 13.7 Å². The maximum Gasteiger partial charge on any atom is 0.258 e. The molecule has 4 aromatic heterocycles. The van der Waals surface area contributed by atoms with E-state index in [0.29, 0.717) is 17.4 Å². The molecule has 138 valence electrons. The molecular weight excluding hydrogens is 354 g/mol. The summed E-state index contributed by atoms with van der Waals surface area (Å²) < 4.78 is 13.1. The third kappa shape index (κ3) is 2.96. The van der Waals surface area contributed by atoms with Crippen molar-refractivity contribution in [2.45, 2.75) is 20.0 Å². The molecule has 0 saturated carbocycles. The summed E-state index contributed by atoms with van der Waals surface area (Å²) in [4.78, 5) is 13.4. The first-order valence-electron chi connectivity index (χ1n) is 9.00. The van der Waals surface area contributed by atoms with Crippen molar-refractivity contribution in [3.05, 3.63) is 61.1 Å². The van der Waals surface area contributed by atoms with Gasteiger partial charge in [0.1, 0.15) is 17.1 Å². The van der Waals surface area contributed by atoms with Crippen molar-refractivity contribution in [2.24, 2.45) is 0 Å². The van der Waals surface area contributed by atoms with Crippen LogP contribution in [-0.4, -0.2) is 30.6 Å². The number of rotatable bonds is 4. The highest BCUT2D eigenvalue weighted by Crippen LogP contribution is 2.25. The molecule has 0 bridgehead atoms. The van der Waals surface area contributed by atoms with Crippen LogP contribution in [0.3, 0.4) is 0 Å². The Morgan fingerprint density at radius 2 is 1.93 bits per heavy atom. The molecular formula is C21H17N5O2. The molecule has 0 amide bonds. The van der Waals surface area contributed by atoms with Crippen molar-refractivity contribution < 1.29 is 9.26 Å². The van der Waals surface area contributed by atoms with Crippen molar-refractivity contribution in [1.82, 2.24) is 24.5 Å². The molecule has 7 heteroatoms. The van der Waals surface area contributed by atoms with Crippen LogP contribution in [0, 0.1) is 0 Å². The summed E-state index contributed by atoms with van der Waals surface area (Å²) >= 11 is 0. The predicted molar refractivity (Wildman–Crippen MR) is 105 cm³/mol. The minimum absolute atomic E-state index is 0.128. The normalized spacial score (nSPS) is 11.5. The van der Waals surface area contributed by atoms with Crippen molar-refractivity contribution in [1.29, 1.82) is 0 Å². The largest absolute Gasteiger partial charge is 0.491 e. The van der Waals surface area contributed by atoms with Crippen molar-refractivity contribution >= 4 is 16.6 Å². The topological polar surface area (TPSA) is 78.3 Å². The van der Waals surface area contributed by atoms with Gasteiger partial charge in [-0.3, -0.25) is 0 Å². The highest BCUT2D eigenvalue weighted by atomic mass is 16.5. The van der Waals surface area contributed by atoms with E-state index in [1.165, 1.54) is 0 Å². The third-order valence-electron chi connectivity index (χ3n) is 4.33. The highest BCUT2D eigenvalue weighted by molar-refractivity contribution is 5.82. The molecule has 5 rings (SSSR count). The van der Waals surface area contributed by atoms with Crippen molar-refractivity contribution in [3.8, 4) is 28.7 Å². The number of imidazole rings is 1. The van der Waals surface area contributed by atoms with E-state index in [-0.39, 0.29) is 6.10 Å². The fourth-order valence-electron chi connectivity index (χ4n) is 3.06. The number of hydrogen-bond acceptors (Lipinski definition) is 6. The monoisotopic (exact) mass is 371 g/mol. The molecule has 0 radical (unpaired) electrons. The molecule has 0 aliphatic rings. The van der Waals surface area contributed by atoms with Gasteiger partial charge in [-0.2, -0.15) is 4.98 Å². The zero-order valence-corrected chi connectivity index (χ0v) is 15.4. The molecule has 0 saturated heterocycles. The summed E-state index contributed by atoms with van der Waals surface area (Å²) in [6, 6.07) is 13.5. The SMILES string of the molecule is CC(C)Oc1ccc2nc(-c3noc(-c4ccn5ccnc5c4)n3)ccc2c1. The van der Waals surface area contributed by atoms with E-state index in [4.69, 9.17) is 9.26 Å². The number of hydrogen-bond donors (Lipinski definition) is 0. The average Bonchev–Trinajstić information content (AvgIpc) is 3.36. The Hall–Kier alpha value is -3.74. The summed E-state index contributed by atoms with van der Waals surface area (Å²) in [5, 5.41) is 5.09. The summed E-state index contributed by atoms with van der Waals surface area (Å²) in [5.74, 6) is 1.71. The first-order valence-corrected chi connectivity index (χ1v) is 9.00. The van der Waals surface area contributed by atoms with Crippen LogP contribution in [0.25, 0.3) is 39.5 Å². The van der Waals surface area contributed by atoms with Crippen molar-refractivity contribution in [2.75, 3.05) is 0 Å². The smallest absolute Gasteiger partial charge is 0.258 e. The van der Waals surface area contributed by atoms with E-state index >= 15 is 0 Å². The Balaban J connectivity index is 1.48. The molecule has 7 nitrogen and oxygen atoms in total. The zero-order valence-electron chi connectivity index (χ0n) is 15.4. The van der Waals surface area contributed by atoms with Gasteiger partial charge in [0.2, 0.25) is 5.82 Å². The number of benzene rings is 1. The van der Waals surface area contributed by atoms with E-state index in [1.54, 1.807) is 6.20 Å². The van der Waals surface area contributed by atoms with Crippen molar-refractivity contribution in [3.63, 3.8) is 0 Å². The number of fused-ring (bicyclic) bond motifs is 2. The number of aromatic nitrogens is 5. The second-order valence-electron chi connectivity index (χ2n) is 6.75. The third-order valence-corrected chi connectivity index (χ3v) is 4.33. The number of ether oxygens (including phenoxy) is 1. The lowest BCUT2D eigenvalue weighted by Crippen LogP contribution is -2.05. The fourth-order valence-corrected chi connectivity index (χ4v) is 3.06. The molecule has 0 spiro atoms. The fraction of sp³-hybridized carbons (Fsp3) is 0.143. The summed E-state index contributed by atoms with van der Waals surface area (Å²) in [6.45, 7) is 4.01. The second-order valence-corrected chi connectivity index (χ2v) is 6.75. The Morgan fingerprint density at radius 1 is 1.00 bits per heavy atom. The predicted octanol–water partition coefficient (Wildman–Crippen LogP) is 4.39. The van der Waals surface area contributed by atoms with Crippen LogP contribution in [0.4, 0.5) is 0 Å². The maximum absolute atomic E-state index is 5.74. The highest BCUT2D eigenvalue weighted by Gasteiger charge is 2.13. The molecule has 1 aromatic carbocycles.